The Morgan fingerprint density at radius 1 is 1.04 bits per heavy atom. The van der Waals surface area contributed by atoms with Crippen LogP contribution >= 0.6 is 11.6 Å². The number of methoxy groups -OCH3 is 1. The van der Waals surface area contributed by atoms with E-state index in [0.29, 0.717) is 44.9 Å². The van der Waals surface area contributed by atoms with Gasteiger partial charge in [0.15, 0.2) is 0 Å². The van der Waals surface area contributed by atoms with E-state index in [0.717, 1.165) is 37.4 Å². The molecule has 0 radical (unpaired) electrons. The maximum Gasteiger partial charge on any atom is 0.255 e. The van der Waals surface area contributed by atoms with Crippen LogP contribution < -0.4 is 20.3 Å². The Hall–Kier alpha value is -4.81. The highest BCUT2D eigenvalue weighted by atomic mass is 35.5. The number of likely N-dealkylation sites (N-methyl/N-ethyl adjacent to an activating group) is 1. The molecule has 13 heteroatoms. The zero-order valence-corrected chi connectivity index (χ0v) is 27.4. The molecular formula is C34H36ClFN8O3. The predicted molar refractivity (Wildman–Crippen MR) is 179 cm³/mol. The number of hydrogen-bond acceptors (Lipinski definition) is 9. The number of nitrogens with zero attached hydrogens (tertiary/aromatic N) is 6. The van der Waals surface area contributed by atoms with E-state index in [4.69, 9.17) is 16.3 Å². The van der Waals surface area contributed by atoms with Crippen LogP contribution in [0.1, 0.15) is 41.4 Å². The zero-order chi connectivity index (χ0) is 33.2. The summed E-state index contributed by atoms with van der Waals surface area (Å²) in [7, 11) is 3.60. The predicted octanol–water partition coefficient (Wildman–Crippen LogP) is 5.06. The molecule has 2 unspecified atom stereocenters. The number of pyridine rings is 1. The van der Waals surface area contributed by atoms with Crippen molar-refractivity contribution in [1.29, 1.82) is 0 Å². The van der Waals surface area contributed by atoms with Crippen molar-refractivity contribution in [3.63, 3.8) is 0 Å². The first-order chi connectivity index (χ1) is 22.6. The number of aromatic nitrogens is 3. The summed E-state index contributed by atoms with van der Waals surface area (Å²) in [6, 6.07) is 12.6. The fraction of sp³-hybridized carbons (Fsp3) is 0.324. The van der Waals surface area contributed by atoms with Crippen molar-refractivity contribution in [2.75, 3.05) is 50.6 Å². The summed E-state index contributed by atoms with van der Waals surface area (Å²) >= 11 is 6.50. The number of ether oxygens (including phenoxy) is 1. The van der Waals surface area contributed by atoms with E-state index in [-0.39, 0.29) is 24.2 Å². The molecule has 0 bridgehead atoms. The minimum Gasteiger partial charge on any atom is -0.481 e. The molecule has 4 heterocycles. The molecule has 2 amide bonds. The van der Waals surface area contributed by atoms with Crippen LogP contribution in [0.3, 0.4) is 0 Å². The van der Waals surface area contributed by atoms with E-state index in [1.807, 2.05) is 25.1 Å². The second kappa shape index (κ2) is 13.5. The number of carbonyl (C=O) groups excluding carboxylic acids is 2. The molecule has 0 spiro atoms. The van der Waals surface area contributed by atoms with Crippen molar-refractivity contribution in [1.82, 2.24) is 30.1 Å². The third-order valence-corrected chi connectivity index (χ3v) is 8.92. The quantitative estimate of drug-likeness (QED) is 0.255. The molecule has 2 N–H and O–H groups in total. The van der Waals surface area contributed by atoms with E-state index >= 15 is 0 Å². The van der Waals surface area contributed by atoms with Gasteiger partial charge in [-0.25, -0.2) is 19.3 Å². The number of benzene rings is 2. The minimum absolute atomic E-state index is 0.271. The van der Waals surface area contributed by atoms with E-state index in [2.05, 4.69) is 42.4 Å². The van der Waals surface area contributed by atoms with Gasteiger partial charge >= 0.3 is 0 Å². The average molecular weight is 659 g/mol. The molecule has 2 aliphatic heterocycles. The molecule has 2 aliphatic rings. The van der Waals surface area contributed by atoms with Crippen molar-refractivity contribution in [3.05, 3.63) is 88.5 Å². The first-order valence-corrected chi connectivity index (χ1v) is 15.8. The van der Waals surface area contributed by atoms with Crippen molar-refractivity contribution in [2.24, 2.45) is 0 Å². The highest BCUT2D eigenvalue weighted by Gasteiger charge is 2.35. The summed E-state index contributed by atoms with van der Waals surface area (Å²) in [6.45, 7) is 7.20. The molecule has 1 fully saturated rings. The molecular weight excluding hydrogens is 623 g/mol. The number of rotatable bonds is 9. The topological polar surface area (TPSA) is 116 Å². The van der Waals surface area contributed by atoms with Gasteiger partial charge in [-0.2, -0.15) is 0 Å². The Kier molecular flexibility index (Phi) is 9.24. The van der Waals surface area contributed by atoms with Gasteiger partial charge in [0.25, 0.3) is 5.91 Å². The Labute approximate surface area is 277 Å². The lowest BCUT2D eigenvalue weighted by Gasteiger charge is -2.34. The number of anilines is 3. The number of halogens is 2. The standard InChI is InChI=1S/C34H36ClFN8O3/c1-20(24-13-25(36)16-27(14-24)43-11-9-42(3)10-12-43)39-32(45)21(2)44-19-23-6-5-22(15-28(23)33(44)46)31-29(35)18-38-34(41-31)40-26-7-8-37-30(17-26)47-4/h5-8,13-18,20-21H,9-12,19H2,1-4H3,(H,39,45)(H,37,38,40,41). The lowest BCUT2D eigenvalue weighted by Crippen LogP contribution is -2.46. The number of fused-ring (bicyclic) bond motifs is 1. The van der Waals surface area contributed by atoms with Gasteiger partial charge in [-0.1, -0.05) is 23.7 Å². The fourth-order valence-corrected chi connectivity index (χ4v) is 5.99. The molecule has 1 saturated heterocycles. The summed E-state index contributed by atoms with van der Waals surface area (Å²) in [4.78, 5) is 45.9. The van der Waals surface area contributed by atoms with Crippen LogP contribution in [0.15, 0.2) is 60.9 Å². The number of carbonyl (C=O) groups is 2. The first-order valence-electron chi connectivity index (χ1n) is 15.4. The summed E-state index contributed by atoms with van der Waals surface area (Å²) < 4.78 is 19.8. The monoisotopic (exact) mass is 658 g/mol. The van der Waals surface area contributed by atoms with Gasteiger partial charge in [0, 0.05) is 67.5 Å². The maximum atomic E-state index is 14.7. The molecule has 4 aromatic rings. The number of hydrogen-bond donors (Lipinski definition) is 2. The summed E-state index contributed by atoms with van der Waals surface area (Å²) in [5.74, 6) is -0.206. The normalized spacial score (nSPS) is 16.1. The van der Waals surface area contributed by atoms with Crippen LogP contribution in [-0.2, 0) is 11.3 Å². The second-order valence-electron chi connectivity index (χ2n) is 11.8. The van der Waals surface area contributed by atoms with E-state index < -0.39 is 12.1 Å². The van der Waals surface area contributed by atoms with Crippen molar-refractivity contribution >= 4 is 40.7 Å². The summed E-state index contributed by atoms with van der Waals surface area (Å²) in [5.41, 5.74) is 4.49. The molecule has 11 nitrogen and oxygen atoms in total. The van der Waals surface area contributed by atoms with Crippen molar-refractivity contribution in [3.8, 4) is 17.1 Å². The van der Waals surface area contributed by atoms with Crippen molar-refractivity contribution < 1.29 is 18.7 Å². The van der Waals surface area contributed by atoms with Gasteiger partial charge in [-0.15, -0.1) is 0 Å². The molecule has 47 heavy (non-hydrogen) atoms. The van der Waals surface area contributed by atoms with Crippen molar-refractivity contribution in [2.45, 2.75) is 32.5 Å². The lowest BCUT2D eigenvalue weighted by atomic mass is 10.0. The fourth-order valence-electron chi connectivity index (χ4n) is 5.79. The maximum absolute atomic E-state index is 14.7. The largest absolute Gasteiger partial charge is 0.481 e. The molecule has 2 atom stereocenters. The van der Waals surface area contributed by atoms with Crippen LogP contribution in [-0.4, -0.2) is 82.9 Å². The lowest BCUT2D eigenvalue weighted by molar-refractivity contribution is -0.125. The SMILES string of the molecule is COc1cc(Nc2ncc(Cl)c(-c3ccc4c(c3)C(=O)N(C(C)C(=O)NC(C)c3cc(F)cc(N5CCN(C)CC5)c3)C4)n2)ccn1. The van der Waals surface area contributed by atoms with Gasteiger partial charge in [-0.05, 0) is 62.4 Å². The third-order valence-electron chi connectivity index (χ3n) is 8.64. The zero-order valence-electron chi connectivity index (χ0n) is 26.6. The number of piperazine rings is 1. The second-order valence-corrected chi connectivity index (χ2v) is 12.3. The molecule has 2 aromatic heterocycles. The smallest absolute Gasteiger partial charge is 0.255 e. The summed E-state index contributed by atoms with van der Waals surface area (Å²) in [6.07, 6.45) is 3.09. The first kappa shape index (κ1) is 32.1. The molecule has 0 saturated carbocycles. The Balaban J connectivity index is 1.14. The molecule has 0 aliphatic carbocycles. The summed E-state index contributed by atoms with van der Waals surface area (Å²) in [5, 5.41) is 6.42. The highest BCUT2D eigenvalue weighted by Crippen LogP contribution is 2.33. The number of nitrogens with one attached hydrogen (secondary N) is 2. The van der Waals surface area contributed by atoms with Crippen LogP contribution in [0.25, 0.3) is 11.3 Å². The Bertz CT molecular complexity index is 1820. The Morgan fingerprint density at radius 3 is 2.60 bits per heavy atom. The van der Waals surface area contributed by atoms with Gasteiger partial charge < -0.3 is 30.1 Å². The van der Waals surface area contributed by atoms with E-state index in [9.17, 15) is 14.0 Å². The van der Waals surface area contributed by atoms with Gasteiger partial charge in [0.05, 0.1) is 30.1 Å². The van der Waals surface area contributed by atoms with Crippen LogP contribution in [0, 0.1) is 5.82 Å². The minimum atomic E-state index is -0.762. The average Bonchev–Trinajstić information content (AvgIpc) is 3.40. The van der Waals surface area contributed by atoms with Gasteiger partial charge in [0.1, 0.15) is 11.9 Å². The van der Waals surface area contributed by atoms with Crippen LogP contribution in [0.2, 0.25) is 5.02 Å². The number of amides is 2. The molecule has 6 rings (SSSR count). The Morgan fingerprint density at radius 2 is 1.83 bits per heavy atom. The van der Waals surface area contributed by atoms with Gasteiger partial charge in [-0.3, -0.25) is 9.59 Å². The van der Waals surface area contributed by atoms with Gasteiger partial charge in [0.2, 0.25) is 17.7 Å². The van der Waals surface area contributed by atoms with Crippen LogP contribution in [0.4, 0.5) is 21.7 Å². The molecule has 244 valence electrons. The van der Waals surface area contributed by atoms with Crippen LogP contribution in [0.5, 0.6) is 5.88 Å². The molecule has 2 aromatic carbocycles. The highest BCUT2D eigenvalue weighted by molar-refractivity contribution is 6.33. The third kappa shape index (κ3) is 6.98. The van der Waals surface area contributed by atoms with E-state index in [1.54, 1.807) is 31.3 Å². The van der Waals surface area contributed by atoms with E-state index in [1.165, 1.54) is 30.3 Å².